The zero-order chi connectivity index (χ0) is 20.1. The molecule has 1 saturated carbocycles. The Balaban J connectivity index is 0.000000167. The maximum absolute atomic E-state index is 4.16. The van der Waals surface area contributed by atoms with Crippen LogP contribution in [0.4, 0.5) is 0 Å². The van der Waals surface area contributed by atoms with Gasteiger partial charge in [0.25, 0.3) is 0 Å². The molecule has 158 valence electrons. The van der Waals surface area contributed by atoms with Gasteiger partial charge in [0.2, 0.25) is 0 Å². The summed E-state index contributed by atoms with van der Waals surface area (Å²) in [7, 11) is 2.28. The van der Waals surface area contributed by atoms with E-state index in [4.69, 9.17) is 0 Å². The van der Waals surface area contributed by atoms with Crippen LogP contribution in [0.1, 0.15) is 46.1 Å². The van der Waals surface area contributed by atoms with Gasteiger partial charge in [0.1, 0.15) is 0 Å². The summed E-state index contributed by atoms with van der Waals surface area (Å²) in [5.41, 5.74) is 1.92. The van der Waals surface area contributed by atoms with Crippen molar-refractivity contribution in [1.29, 1.82) is 0 Å². The summed E-state index contributed by atoms with van der Waals surface area (Å²) in [5, 5.41) is 0. The van der Waals surface area contributed by atoms with E-state index in [9.17, 15) is 0 Å². The first kappa shape index (κ1) is 21.7. The Morgan fingerprint density at radius 1 is 0.929 bits per heavy atom. The van der Waals surface area contributed by atoms with Crippen molar-refractivity contribution in [3.05, 3.63) is 30.1 Å². The number of pyridine rings is 1. The van der Waals surface area contributed by atoms with Gasteiger partial charge in [-0.3, -0.25) is 24.6 Å². The minimum atomic E-state index is 0.600. The maximum Gasteiger partial charge on any atom is 0.0335 e. The van der Waals surface area contributed by atoms with E-state index in [0.29, 0.717) is 11.6 Å². The zero-order valence-electron chi connectivity index (χ0n) is 18.8. The van der Waals surface area contributed by atoms with Gasteiger partial charge >= 0.3 is 0 Å². The molecule has 3 aliphatic rings. The van der Waals surface area contributed by atoms with Crippen LogP contribution < -0.4 is 0 Å². The number of hydrogen-bond acceptors (Lipinski definition) is 5. The van der Waals surface area contributed by atoms with Crippen molar-refractivity contribution in [2.24, 2.45) is 0 Å². The van der Waals surface area contributed by atoms with Crippen LogP contribution in [-0.4, -0.2) is 95.1 Å². The van der Waals surface area contributed by atoms with Gasteiger partial charge in [0.05, 0.1) is 0 Å². The van der Waals surface area contributed by atoms with Crippen molar-refractivity contribution in [3.63, 3.8) is 0 Å². The molecule has 1 aliphatic carbocycles. The van der Waals surface area contributed by atoms with Crippen LogP contribution in [0.25, 0.3) is 0 Å². The molecule has 1 aromatic rings. The highest BCUT2D eigenvalue weighted by Gasteiger charge is 2.49. The molecule has 0 unspecified atom stereocenters. The molecule has 5 nitrogen and oxygen atoms in total. The fourth-order valence-electron chi connectivity index (χ4n) is 4.41. The predicted octanol–water partition coefficient (Wildman–Crippen LogP) is 2.78. The quantitative estimate of drug-likeness (QED) is 0.791. The molecular formula is C23H41N5. The molecule has 1 spiro atoms. The maximum atomic E-state index is 4.16. The fourth-order valence-corrected chi connectivity index (χ4v) is 4.41. The molecular weight excluding hydrogens is 346 g/mol. The molecule has 2 aliphatic heterocycles. The second-order valence-corrected chi connectivity index (χ2v) is 9.48. The fraction of sp³-hybridized carbons (Fsp3) is 0.783. The Kier molecular flexibility index (Phi) is 7.48. The highest BCUT2D eigenvalue weighted by atomic mass is 15.3. The van der Waals surface area contributed by atoms with Gasteiger partial charge in [-0.1, -0.05) is 6.07 Å². The van der Waals surface area contributed by atoms with E-state index in [1.165, 1.54) is 64.2 Å². The molecule has 0 amide bonds. The summed E-state index contributed by atoms with van der Waals surface area (Å²) in [6.07, 6.45) is 6.65. The third-order valence-corrected chi connectivity index (χ3v) is 6.85. The van der Waals surface area contributed by atoms with E-state index in [-0.39, 0.29) is 0 Å². The van der Waals surface area contributed by atoms with Crippen LogP contribution in [0.15, 0.2) is 24.5 Å². The number of nitrogens with zero attached hydrogens (tertiary/aromatic N) is 5. The van der Waals surface area contributed by atoms with E-state index < -0.39 is 0 Å². The molecule has 0 aromatic carbocycles. The van der Waals surface area contributed by atoms with Crippen LogP contribution in [0.2, 0.25) is 0 Å². The van der Waals surface area contributed by atoms with Gasteiger partial charge in [0.15, 0.2) is 0 Å². The second kappa shape index (κ2) is 9.66. The minimum Gasteiger partial charge on any atom is -0.298 e. The first-order chi connectivity index (χ1) is 13.4. The highest BCUT2D eigenvalue weighted by molar-refractivity contribution is 5.08. The molecule has 0 atom stereocenters. The summed E-state index contributed by atoms with van der Waals surface area (Å²) in [6.45, 7) is 18.8. The first-order valence-electron chi connectivity index (χ1n) is 11.2. The minimum absolute atomic E-state index is 0.600. The van der Waals surface area contributed by atoms with Crippen LogP contribution in [-0.2, 0) is 6.54 Å². The Labute approximate surface area is 172 Å². The SMILES string of the molecule is CC(C)N1CCN(C)C2(CC2)C1.CC(C)N1CCN(Cc2cccnc2)CC1. The predicted molar refractivity (Wildman–Crippen MR) is 118 cm³/mol. The average molecular weight is 388 g/mol. The molecule has 3 fully saturated rings. The standard InChI is InChI=1S/C13H21N3.C10H20N2/c1-12(2)16-8-6-15(7-9-16)11-13-4-3-5-14-10-13;1-9(2)12-7-6-11(3)10(8-12)4-5-10/h3-5,10,12H,6-9,11H2,1-2H3;9H,4-8H2,1-3H3. The van der Waals surface area contributed by atoms with Gasteiger partial charge in [-0.2, -0.15) is 0 Å². The number of piperazine rings is 2. The smallest absolute Gasteiger partial charge is 0.0335 e. The van der Waals surface area contributed by atoms with Gasteiger partial charge in [-0.05, 0) is 59.2 Å². The second-order valence-electron chi connectivity index (χ2n) is 9.48. The molecule has 5 heteroatoms. The lowest BCUT2D eigenvalue weighted by molar-refractivity contribution is 0.0610. The van der Waals surface area contributed by atoms with Crippen LogP contribution in [0.5, 0.6) is 0 Å². The zero-order valence-corrected chi connectivity index (χ0v) is 18.8. The van der Waals surface area contributed by atoms with Crippen molar-refractivity contribution in [3.8, 4) is 0 Å². The highest BCUT2D eigenvalue weighted by Crippen LogP contribution is 2.43. The molecule has 28 heavy (non-hydrogen) atoms. The Bertz CT molecular complexity index is 576. The van der Waals surface area contributed by atoms with E-state index >= 15 is 0 Å². The normalized spacial score (nSPS) is 23.8. The van der Waals surface area contributed by atoms with Crippen LogP contribution in [0.3, 0.4) is 0 Å². The summed E-state index contributed by atoms with van der Waals surface area (Å²) in [5.74, 6) is 0. The summed E-state index contributed by atoms with van der Waals surface area (Å²) < 4.78 is 0. The number of hydrogen-bond donors (Lipinski definition) is 0. The number of likely N-dealkylation sites (N-methyl/N-ethyl adjacent to an activating group) is 1. The summed E-state index contributed by atoms with van der Waals surface area (Å²) >= 11 is 0. The Hall–Kier alpha value is -1.01. The lowest BCUT2D eigenvalue weighted by Crippen LogP contribution is -2.54. The Morgan fingerprint density at radius 3 is 2.11 bits per heavy atom. The van der Waals surface area contributed by atoms with Crippen LogP contribution in [0, 0.1) is 0 Å². The van der Waals surface area contributed by atoms with Gasteiger partial charge < -0.3 is 0 Å². The monoisotopic (exact) mass is 387 g/mol. The van der Waals surface area contributed by atoms with Crippen molar-refractivity contribution in [1.82, 2.24) is 24.6 Å². The van der Waals surface area contributed by atoms with E-state index in [0.717, 1.165) is 12.6 Å². The summed E-state index contributed by atoms with van der Waals surface area (Å²) in [4.78, 5) is 14.4. The first-order valence-corrected chi connectivity index (χ1v) is 11.2. The lowest BCUT2D eigenvalue weighted by atomic mass is 10.1. The van der Waals surface area contributed by atoms with Crippen molar-refractivity contribution >= 4 is 0 Å². The molecule has 0 bridgehead atoms. The van der Waals surface area contributed by atoms with Crippen molar-refractivity contribution < 1.29 is 0 Å². The van der Waals surface area contributed by atoms with Crippen molar-refractivity contribution in [2.75, 3.05) is 52.9 Å². The number of aromatic nitrogens is 1. The van der Waals surface area contributed by atoms with Crippen molar-refractivity contribution in [2.45, 2.75) is 64.7 Å². The van der Waals surface area contributed by atoms with Gasteiger partial charge in [0, 0.05) is 82.4 Å². The molecule has 1 aromatic heterocycles. The molecule has 0 radical (unpaired) electrons. The van der Waals surface area contributed by atoms with E-state index in [1.807, 2.05) is 18.5 Å². The number of rotatable bonds is 4. The molecule has 4 rings (SSSR count). The third-order valence-electron chi connectivity index (χ3n) is 6.85. The average Bonchev–Trinajstić information content (AvgIpc) is 3.46. The molecule has 3 heterocycles. The lowest BCUT2D eigenvalue weighted by Gasteiger charge is -2.42. The van der Waals surface area contributed by atoms with E-state index in [2.05, 4.69) is 65.4 Å². The van der Waals surface area contributed by atoms with Gasteiger partial charge in [-0.15, -0.1) is 0 Å². The molecule has 2 saturated heterocycles. The Morgan fingerprint density at radius 2 is 1.57 bits per heavy atom. The third kappa shape index (κ3) is 5.76. The largest absolute Gasteiger partial charge is 0.298 e. The van der Waals surface area contributed by atoms with E-state index in [1.54, 1.807) is 0 Å². The topological polar surface area (TPSA) is 25.9 Å². The van der Waals surface area contributed by atoms with Gasteiger partial charge in [-0.25, -0.2) is 0 Å². The molecule has 0 N–H and O–H groups in total. The van der Waals surface area contributed by atoms with Crippen LogP contribution >= 0.6 is 0 Å². The summed E-state index contributed by atoms with van der Waals surface area (Å²) in [6, 6.07) is 5.58.